The molecule has 4 rings (SSSR count). The summed E-state index contributed by atoms with van der Waals surface area (Å²) >= 11 is 1.60. The lowest BCUT2D eigenvalue weighted by molar-refractivity contribution is -0.127. The lowest BCUT2D eigenvalue weighted by Gasteiger charge is -2.16. The fourth-order valence-electron chi connectivity index (χ4n) is 3.83. The first-order valence-corrected chi connectivity index (χ1v) is 11.4. The van der Waals surface area contributed by atoms with Crippen molar-refractivity contribution in [3.8, 4) is 26.9 Å². The van der Waals surface area contributed by atoms with Crippen LogP contribution in [-0.2, 0) is 11.2 Å². The van der Waals surface area contributed by atoms with Crippen LogP contribution in [0.4, 0.5) is 0 Å². The highest BCUT2D eigenvalue weighted by Crippen LogP contribution is 2.39. The molecule has 1 N–H and O–H groups in total. The number of hydrogen-bond donors (Lipinski definition) is 1. The van der Waals surface area contributed by atoms with Gasteiger partial charge in [0, 0.05) is 31.3 Å². The van der Waals surface area contributed by atoms with E-state index in [1.807, 2.05) is 38.1 Å². The third-order valence-corrected chi connectivity index (χ3v) is 6.40. The van der Waals surface area contributed by atoms with Crippen molar-refractivity contribution < 1.29 is 9.53 Å². The molecule has 0 fully saturated rings. The minimum atomic E-state index is 0.0863. The van der Waals surface area contributed by atoms with Gasteiger partial charge in [-0.2, -0.15) is 0 Å². The molecule has 1 heterocycles. The summed E-state index contributed by atoms with van der Waals surface area (Å²) in [6.45, 7) is 4.38. The van der Waals surface area contributed by atoms with Crippen LogP contribution in [-0.4, -0.2) is 47.7 Å². The highest BCUT2D eigenvalue weighted by atomic mass is 32.1. The smallest absolute Gasteiger partial charge is 0.236 e. The van der Waals surface area contributed by atoms with E-state index in [9.17, 15) is 4.79 Å². The lowest BCUT2D eigenvalue weighted by Crippen LogP contribution is -2.34. The Morgan fingerprint density at radius 3 is 2.61 bits per heavy atom. The Hall–Kier alpha value is -2.77. The molecule has 0 radical (unpaired) electrons. The molecule has 1 amide bonds. The van der Waals surface area contributed by atoms with E-state index in [1.54, 1.807) is 30.3 Å². The largest absolute Gasteiger partial charge is 0.491 e. The maximum Gasteiger partial charge on any atom is 0.236 e. The summed E-state index contributed by atoms with van der Waals surface area (Å²) in [6.07, 6.45) is 2.10. The molecule has 31 heavy (non-hydrogen) atoms. The monoisotopic (exact) mass is 436 g/mol. The number of nitrogens with one attached hydrogen (secondary N) is 1. The van der Waals surface area contributed by atoms with Crippen LogP contribution in [0.3, 0.4) is 0 Å². The van der Waals surface area contributed by atoms with Gasteiger partial charge in [0.2, 0.25) is 5.91 Å². The molecule has 2 aromatic carbocycles. The van der Waals surface area contributed by atoms with E-state index in [-0.39, 0.29) is 18.1 Å². The van der Waals surface area contributed by atoms with Gasteiger partial charge in [0.1, 0.15) is 15.8 Å². The maximum atomic E-state index is 11.9. The number of carbonyl (C=O) groups excluding carboxylic acids is 1. The van der Waals surface area contributed by atoms with E-state index >= 15 is 0 Å². The number of likely N-dealkylation sites (N-methyl/N-ethyl adjacent to an activating group) is 1. The van der Waals surface area contributed by atoms with Gasteiger partial charge < -0.3 is 15.0 Å². The van der Waals surface area contributed by atoms with E-state index in [2.05, 4.69) is 33.7 Å². The third-order valence-electron chi connectivity index (χ3n) is 5.40. The van der Waals surface area contributed by atoms with Crippen molar-refractivity contribution in [1.82, 2.24) is 20.4 Å². The molecule has 6 nitrogen and oxygen atoms in total. The van der Waals surface area contributed by atoms with Gasteiger partial charge in [0.15, 0.2) is 0 Å². The van der Waals surface area contributed by atoms with Crippen molar-refractivity contribution in [2.24, 2.45) is 0 Å². The number of hydrogen-bond acceptors (Lipinski definition) is 6. The minimum Gasteiger partial charge on any atom is -0.491 e. The van der Waals surface area contributed by atoms with Crippen LogP contribution in [0.5, 0.6) is 5.75 Å². The summed E-state index contributed by atoms with van der Waals surface area (Å²) in [5, 5.41) is 14.2. The van der Waals surface area contributed by atoms with Crippen molar-refractivity contribution in [2.75, 3.05) is 20.6 Å². The van der Waals surface area contributed by atoms with E-state index < -0.39 is 0 Å². The first-order chi connectivity index (χ1) is 14.9. The van der Waals surface area contributed by atoms with Crippen LogP contribution >= 0.6 is 11.3 Å². The number of benzene rings is 2. The summed E-state index contributed by atoms with van der Waals surface area (Å²) in [5.41, 5.74) is 4.75. The summed E-state index contributed by atoms with van der Waals surface area (Å²) in [4.78, 5) is 13.6. The normalized spacial score (nSPS) is 15.2. The van der Waals surface area contributed by atoms with Gasteiger partial charge in [-0.25, -0.2) is 0 Å². The first-order valence-electron chi connectivity index (χ1n) is 10.6. The van der Waals surface area contributed by atoms with E-state index in [0.29, 0.717) is 6.54 Å². The zero-order valence-electron chi connectivity index (χ0n) is 18.4. The van der Waals surface area contributed by atoms with Crippen molar-refractivity contribution in [2.45, 2.75) is 38.8 Å². The zero-order chi connectivity index (χ0) is 22.0. The predicted molar refractivity (Wildman–Crippen MR) is 124 cm³/mol. The zero-order valence-corrected chi connectivity index (χ0v) is 19.2. The molecule has 1 aliphatic rings. The van der Waals surface area contributed by atoms with Gasteiger partial charge in [0.25, 0.3) is 0 Å². The topological polar surface area (TPSA) is 67.4 Å². The van der Waals surface area contributed by atoms with Gasteiger partial charge in [-0.1, -0.05) is 29.5 Å². The summed E-state index contributed by atoms with van der Waals surface area (Å²) in [5.74, 6) is 0.943. The maximum absolute atomic E-state index is 11.9. The Bertz CT molecular complexity index is 1060. The van der Waals surface area contributed by atoms with Crippen LogP contribution in [0.1, 0.15) is 37.4 Å². The van der Waals surface area contributed by atoms with E-state index in [4.69, 9.17) is 4.74 Å². The number of carbonyl (C=O) groups is 1. The quantitative estimate of drug-likeness (QED) is 0.597. The average Bonchev–Trinajstić information content (AvgIpc) is 3.39. The molecule has 0 bridgehead atoms. The molecule has 0 aliphatic heterocycles. The van der Waals surface area contributed by atoms with E-state index in [1.165, 1.54) is 11.1 Å². The van der Waals surface area contributed by atoms with Gasteiger partial charge in [-0.05, 0) is 62.1 Å². The number of fused-ring (bicyclic) bond motifs is 1. The molecule has 1 atom stereocenters. The SMILES string of the molecule is CC(C)Oc1ccc(-c2nnc(-c3cccc4c3CCC4NCC(=O)N(C)C)s2)cc1. The second-order valence-electron chi connectivity index (χ2n) is 8.24. The molecule has 1 aliphatic carbocycles. The number of rotatable bonds is 7. The molecule has 3 aromatic rings. The van der Waals surface area contributed by atoms with Crippen molar-refractivity contribution in [3.63, 3.8) is 0 Å². The van der Waals surface area contributed by atoms with E-state index in [0.717, 1.165) is 39.7 Å². The van der Waals surface area contributed by atoms with Gasteiger partial charge in [-0.15, -0.1) is 10.2 Å². The van der Waals surface area contributed by atoms with Gasteiger partial charge >= 0.3 is 0 Å². The molecule has 0 saturated carbocycles. The third kappa shape index (κ3) is 4.78. The minimum absolute atomic E-state index is 0.0863. The lowest BCUT2D eigenvalue weighted by atomic mass is 10.0. The second-order valence-corrected chi connectivity index (χ2v) is 9.21. The molecule has 162 valence electrons. The number of amides is 1. The summed E-state index contributed by atoms with van der Waals surface area (Å²) < 4.78 is 5.73. The Morgan fingerprint density at radius 2 is 1.90 bits per heavy atom. The Balaban J connectivity index is 1.53. The summed E-state index contributed by atoms with van der Waals surface area (Å²) in [7, 11) is 3.56. The number of nitrogens with zero attached hydrogens (tertiary/aromatic N) is 3. The van der Waals surface area contributed by atoms with Gasteiger partial charge in [-0.3, -0.25) is 4.79 Å². The molecule has 1 aromatic heterocycles. The van der Waals surface area contributed by atoms with Crippen molar-refractivity contribution >= 4 is 17.2 Å². The van der Waals surface area contributed by atoms with Crippen LogP contribution in [0, 0.1) is 0 Å². The van der Waals surface area contributed by atoms with Crippen LogP contribution in [0.25, 0.3) is 21.1 Å². The summed E-state index contributed by atoms with van der Waals surface area (Å²) in [6, 6.07) is 14.5. The van der Waals surface area contributed by atoms with Crippen molar-refractivity contribution in [3.05, 3.63) is 53.6 Å². The second kappa shape index (κ2) is 9.16. The van der Waals surface area contributed by atoms with Crippen LogP contribution < -0.4 is 10.1 Å². The fraction of sp³-hybridized carbons (Fsp3) is 0.375. The molecule has 1 unspecified atom stereocenters. The highest BCUT2D eigenvalue weighted by Gasteiger charge is 2.26. The Morgan fingerprint density at radius 1 is 1.16 bits per heavy atom. The molecule has 7 heteroatoms. The Labute approximate surface area is 187 Å². The predicted octanol–water partition coefficient (Wildman–Crippen LogP) is 4.32. The number of ether oxygens (including phenoxy) is 1. The Kier molecular flexibility index (Phi) is 6.34. The van der Waals surface area contributed by atoms with Gasteiger partial charge in [0.05, 0.1) is 12.6 Å². The fourth-order valence-corrected chi connectivity index (χ4v) is 4.73. The van der Waals surface area contributed by atoms with Crippen LogP contribution in [0.2, 0.25) is 0 Å². The standard InChI is InChI=1S/C24H28N4O2S/c1-15(2)30-17-10-8-16(9-11-17)23-26-27-24(31-23)20-7-5-6-19-18(20)12-13-21(19)25-14-22(29)28(3)4/h5-11,15,21,25H,12-14H2,1-4H3. The van der Waals surface area contributed by atoms with Crippen molar-refractivity contribution in [1.29, 1.82) is 0 Å². The molecule has 0 saturated heterocycles. The highest BCUT2D eigenvalue weighted by molar-refractivity contribution is 7.17. The molecular weight excluding hydrogens is 408 g/mol. The average molecular weight is 437 g/mol. The first kappa shape index (κ1) is 21.5. The molecule has 0 spiro atoms. The van der Waals surface area contributed by atoms with Crippen LogP contribution in [0.15, 0.2) is 42.5 Å². The molecular formula is C24H28N4O2S. The number of aromatic nitrogens is 2.